The molecule has 0 N–H and O–H groups in total. The molecule has 0 aromatic carbocycles. The Morgan fingerprint density at radius 1 is 1.26 bits per heavy atom. The number of hydrogen-bond donors (Lipinski definition) is 0. The van der Waals surface area contributed by atoms with Crippen molar-refractivity contribution in [2.24, 2.45) is 0 Å². The van der Waals surface area contributed by atoms with E-state index < -0.39 is 0 Å². The summed E-state index contributed by atoms with van der Waals surface area (Å²) in [5, 5.41) is 0. The minimum atomic E-state index is -0.303. The molecule has 0 aliphatic carbocycles. The summed E-state index contributed by atoms with van der Waals surface area (Å²) in [4.78, 5) is 22.7. The average Bonchev–Trinajstić information content (AvgIpc) is 2.30. The van der Waals surface area contributed by atoms with Gasteiger partial charge in [0, 0.05) is 13.8 Å². The first kappa shape index (κ1) is 17.8. The third-order valence-corrected chi connectivity index (χ3v) is 3.27. The van der Waals surface area contributed by atoms with Crippen molar-refractivity contribution in [2.45, 2.75) is 39.7 Å². The van der Waals surface area contributed by atoms with Crippen LogP contribution < -0.4 is 0 Å². The second kappa shape index (κ2) is 9.67. The van der Waals surface area contributed by atoms with Gasteiger partial charge < -0.3 is 9.47 Å². The van der Waals surface area contributed by atoms with Crippen LogP contribution in [0.25, 0.3) is 0 Å². The topological polar surface area (TPSA) is 52.6 Å². The van der Waals surface area contributed by atoms with Crippen molar-refractivity contribution in [1.29, 1.82) is 0 Å². The Labute approximate surface area is 119 Å². The molecule has 0 bridgehead atoms. The van der Waals surface area contributed by atoms with Gasteiger partial charge in [-0.1, -0.05) is 6.58 Å². The molecule has 1 atom stereocenters. The van der Waals surface area contributed by atoms with Gasteiger partial charge in [-0.3, -0.25) is 9.59 Å². The largest absolute Gasteiger partial charge is 0.462 e. The number of rotatable bonds is 8. The molecule has 5 heteroatoms. The quantitative estimate of drug-likeness (QED) is 0.507. The molecule has 0 aromatic rings. The minimum Gasteiger partial charge on any atom is -0.462 e. The van der Waals surface area contributed by atoms with Gasteiger partial charge in [-0.15, -0.1) is 11.8 Å². The minimum absolute atomic E-state index is 0.262. The van der Waals surface area contributed by atoms with Crippen molar-refractivity contribution < 1.29 is 19.1 Å². The molecule has 0 saturated heterocycles. The van der Waals surface area contributed by atoms with Crippen molar-refractivity contribution >= 4 is 23.7 Å². The summed E-state index contributed by atoms with van der Waals surface area (Å²) >= 11 is 1.59. The molecule has 0 rings (SSSR count). The maximum absolute atomic E-state index is 11.0. The van der Waals surface area contributed by atoms with Crippen LogP contribution in [0, 0.1) is 0 Å². The highest BCUT2D eigenvalue weighted by molar-refractivity contribution is 8.02. The van der Waals surface area contributed by atoms with Crippen LogP contribution >= 0.6 is 11.8 Å². The maximum Gasteiger partial charge on any atom is 0.303 e. The van der Waals surface area contributed by atoms with E-state index in [1.54, 1.807) is 11.8 Å². The zero-order valence-corrected chi connectivity index (χ0v) is 12.8. The predicted octanol–water partition coefficient (Wildman–Crippen LogP) is 3.08. The van der Waals surface area contributed by atoms with Gasteiger partial charge in [0.25, 0.3) is 0 Å². The molecule has 19 heavy (non-hydrogen) atoms. The van der Waals surface area contributed by atoms with E-state index in [4.69, 9.17) is 9.47 Å². The van der Waals surface area contributed by atoms with Crippen LogP contribution in [0.4, 0.5) is 0 Å². The molecule has 0 aliphatic rings. The first-order valence-electron chi connectivity index (χ1n) is 6.05. The molecule has 0 spiro atoms. The van der Waals surface area contributed by atoms with Gasteiger partial charge in [0.2, 0.25) is 0 Å². The zero-order valence-electron chi connectivity index (χ0n) is 12.0. The summed E-state index contributed by atoms with van der Waals surface area (Å²) in [5.74, 6) is -0.598. The number of carbonyl (C=O) groups excluding carboxylic acids is 2. The standard InChI is InChI=1S/C14H22O4S/c1-10(2)14(18-12(4)16)7-6-13(19-5)8-9-17-11(3)15/h8,14H,1,6-7,9H2,2-5H3/b13-8-. The van der Waals surface area contributed by atoms with Crippen LogP contribution in [-0.2, 0) is 19.1 Å². The molecule has 108 valence electrons. The highest BCUT2D eigenvalue weighted by atomic mass is 32.2. The fourth-order valence-electron chi connectivity index (χ4n) is 1.42. The fourth-order valence-corrected chi connectivity index (χ4v) is 1.98. The summed E-state index contributed by atoms with van der Waals surface area (Å²) < 4.78 is 10.1. The Morgan fingerprint density at radius 2 is 1.89 bits per heavy atom. The van der Waals surface area contributed by atoms with Gasteiger partial charge in [-0.25, -0.2) is 0 Å². The number of hydrogen-bond acceptors (Lipinski definition) is 5. The Morgan fingerprint density at radius 3 is 2.32 bits per heavy atom. The zero-order chi connectivity index (χ0) is 14.8. The van der Waals surface area contributed by atoms with Crippen LogP contribution in [0.1, 0.15) is 33.6 Å². The lowest BCUT2D eigenvalue weighted by Gasteiger charge is -2.17. The number of esters is 2. The molecule has 4 nitrogen and oxygen atoms in total. The van der Waals surface area contributed by atoms with E-state index in [0.29, 0.717) is 6.42 Å². The Bertz CT molecular complexity index is 360. The number of allylic oxidation sites excluding steroid dienone is 1. The molecule has 0 radical (unpaired) electrons. The van der Waals surface area contributed by atoms with Gasteiger partial charge >= 0.3 is 11.9 Å². The fraction of sp³-hybridized carbons (Fsp3) is 0.571. The van der Waals surface area contributed by atoms with Crippen molar-refractivity contribution in [2.75, 3.05) is 12.9 Å². The summed E-state index contributed by atoms with van der Waals surface area (Å²) in [7, 11) is 0. The molecule has 0 amide bonds. The number of ether oxygens (including phenoxy) is 2. The van der Waals surface area contributed by atoms with Gasteiger partial charge in [0.15, 0.2) is 0 Å². The smallest absolute Gasteiger partial charge is 0.303 e. The van der Waals surface area contributed by atoms with E-state index in [1.165, 1.54) is 13.8 Å². The summed E-state index contributed by atoms with van der Waals surface area (Å²) in [6.07, 6.45) is 5.01. The Balaban J connectivity index is 4.33. The molecule has 0 heterocycles. The number of carbonyl (C=O) groups is 2. The van der Waals surface area contributed by atoms with Gasteiger partial charge in [0.1, 0.15) is 12.7 Å². The van der Waals surface area contributed by atoms with E-state index in [2.05, 4.69) is 6.58 Å². The van der Waals surface area contributed by atoms with Crippen molar-refractivity contribution in [3.63, 3.8) is 0 Å². The second-order valence-electron chi connectivity index (χ2n) is 4.16. The maximum atomic E-state index is 11.0. The Hall–Kier alpha value is -1.23. The second-order valence-corrected chi connectivity index (χ2v) is 5.09. The molecular weight excluding hydrogens is 264 g/mol. The lowest BCUT2D eigenvalue weighted by molar-refractivity contribution is -0.145. The van der Waals surface area contributed by atoms with E-state index in [1.807, 2.05) is 19.3 Å². The van der Waals surface area contributed by atoms with Crippen LogP contribution in [0.2, 0.25) is 0 Å². The van der Waals surface area contributed by atoms with E-state index in [9.17, 15) is 9.59 Å². The number of thioether (sulfide) groups is 1. The summed E-state index contributed by atoms with van der Waals surface area (Å²) in [5.41, 5.74) is 0.829. The highest BCUT2D eigenvalue weighted by Crippen LogP contribution is 2.22. The first-order valence-corrected chi connectivity index (χ1v) is 7.28. The summed E-state index contributed by atoms with van der Waals surface area (Å²) in [6.45, 7) is 8.71. The highest BCUT2D eigenvalue weighted by Gasteiger charge is 2.13. The molecule has 0 aromatic heterocycles. The molecule has 0 aliphatic heterocycles. The molecule has 0 fully saturated rings. The van der Waals surface area contributed by atoms with Crippen LogP contribution in [0.5, 0.6) is 0 Å². The van der Waals surface area contributed by atoms with E-state index >= 15 is 0 Å². The lowest BCUT2D eigenvalue weighted by atomic mass is 10.1. The molecule has 0 saturated carbocycles. The van der Waals surface area contributed by atoms with Gasteiger partial charge in [-0.05, 0) is 42.6 Å². The normalized spacial score (nSPS) is 12.7. The predicted molar refractivity (Wildman–Crippen MR) is 77.8 cm³/mol. The van der Waals surface area contributed by atoms with E-state index in [0.717, 1.165) is 16.9 Å². The van der Waals surface area contributed by atoms with Crippen LogP contribution in [0.15, 0.2) is 23.1 Å². The van der Waals surface area contributed by atoms with E-state index in [-0.39, 0.29) is 24.6 Å². The van der Waals surface area contributed by atoms with Crippen molar-refractivity contribution in [3.8, 4) is 0 Å². The third kappa shape index (κ3) is 9.36. The van der Waals surface area contributed by atoms with Crippen molar-refractivity contribution in [1.82, 2.24) is 0 Å². The summed E-state index contributed by atoms with van der Waals surface area (Å²) in [6, 6.07) is 0. The molecular formula is C14H22O4S. The van der Waals surface area contributed by atoms with Gasteiger partial charge in [0.05, 0.1) is 0 Å². The van der Waals surface area contributed by atoms with Crippen molar-refractivity contribution in [3.05, 3.63) is 23.1 Å². The SMILES string of the molecule is C=C(C)C(CC/C(=C/COC(C)=O)SC)OC(C)=O. The Kier molecular flexibility index (Phi) is 9.04. The first-order chi connectivity index (χ1) is 8.86. The average molecular weight is 286 g/mol. The molecule has 1 unspecified atom stereocenters. The monoisotopic (exact) mass is 286 g/mol. The van der Waals surface area contributed by atoms with Crippen LogP contribution in [0.3, 0.4) is 0 Å². The van der Waals surface area contributed by atoms with Gasteiger partial charge in [-0.2, -0.15) is 0 Å². The lowest BCUT2D eigenvalue weighted by Crippen LogP contribution is -2.17. The van der Waals surface area contributed by atoms with Crippen LogP contribution in [-0.4, -0.2) is 30.9 Å². The third-order valence-electron chi connectivity index (χ3n) is 2.37.